The molecular formula is C16H27N3. The third-order valence-electron chi connectivity index (χ3n) is 4.17. The zero-order chi connectivity index (χ0) is 13.7. The lowest BCUT2D eigenvalue weighted by Gasteiger charge is -2.37. The van der Waals surface area contributed by atoms with E-state index in [9.17, 15) is 0 Å². The number of hydrogen-bond donors (Lipinski definition) is 1. The van der Waals surface area contributed by atoms with Gasteiger partial charge in [0.15, 0.2) is 0 Å². The van der Waals surface area contributed by atoms with Crippen LogP contribution in [0.25, 0.3) is 0 Å². The van der Waals surface area contributed by atoms with Crippen molar-refractivity contribution in [3.8, 4) is 0 Å². The molecule has 1 fully saturated rings. The molecule has 2 atom stereocenters. The second-order valence-corrected chi connectivity index (χ2v) is 5.59. The van der Waals surface area contributed by atoms with Crippen molar-refractivity contribution >= 4 is 5.69 Å². The Morgan fingerprint density at radius 2 is 2.21 bits per heavy atom. The molecule has 2 rings (SSSR count). The molecule has 0 radical (unpaired) electrons. The van der Waals surface area contributed by atoms with Gasteiger partial charge in [-0.15, -0.1) is 0 Å². The first kappa shape index (κ1) is 14.3. The number of piperidine rings is 1. The SMILES string of the molecule is CCCC1CCCCN1c1ccc([C@H](N)CC)nc1. The smallest absolute Gasteiger partial charge is 0.0572 e. The first-order valence-electron chi connectivity index (χ1n) is 7.74. The highest BCUT2D eigenvalue weighted by Gasteiger charge is 2.22. The average molecular weight is 261 g/mol. The van der Waals surface area contributed by atoms with Crippen LogP contribution in [0.4, 0.5) is 5.69 Å². The summed E-state index contributed by atoms with van der Waals surface area (Å²) >= 11 is 0. The minimum Gasteiger partial charge on any atom is -0.367 e. The molecule has 0 amide bonds. The fourth-order valence-electron chi connectivity index (χ4n) is 2.97. The molecule has 106 valence electrons. The standard InChI is InChI=1S/C16H27N3/c1-3-7-13-8-5-6-11-19(13)14-9-10-16(18-12-14)15(17)4-2/h9-10,12-13,15H,3-8,11,17H2,1-2H3/t13?,15-/m1/s1. The minimum atomic E-state index is 0.0712. The number of rotatable bonds is 5. The van der Waals surface area contributed by atoms with E-state index in [0.717, 1.165) is 12.1 Å². The molecule has 3 heteroatoms. The Balaban J connectivity index is 2.11. The Morgan fingerprint density at radius 3 is 2.84 bits per heavy atom. The van der Waals surface area contributed by atoms with Crippen molar-refractivity contribution in [3.63, 3.8) is 0 Å². The van der Waals surface area contributed by atoms with Gasteiger partial charge in [0.1, 0.15) is 0 Å². The van der Waals surface area contributed by atoms with Crippen LogP contribution in [0.3, 0.4) is 0 Å². The van der Waals surface area contributed by atoms with E-state index in [1.807, 2.05) is 6.20 Å². The summed E-state index contributed by atoms with van der Waals surface area (Å²) in [6.45, 7) is 5.54. The number of aromatic nitrogens is 1. The number of pyridine rings is 1. The number of nitrogens with two attached hydrogens (primary N) is 1. The molecule has 0 bridgehead atoms. The van der Waals surface area contributed by atoms with Gasteiger partial charge >= 0.3 is 0 Å². The molecule has 1 saturated heterocycles. The molecule has 2 heterocycles. The zero-order valence-electron chi connectivity index (χ0n) is 12.3. The summed E-state index contributed by atoms with van der Waals surface area (Å²) < 4.78 is 0. The number of anilines is 1. The van der Waals surface area contributed by atoms with Crippen LogP contribution in [0.2, 0.25) is 0 Å². The van der Waals surface area contributed by atoms with E-state index in [-0.39, 0.29) is 6.04 Å². The Morgan fingerprint density at radius 1 is 1.37 bits per heavy atom. The zero-order valence-corrected chi connectivity index (χ0v) is 12.3. The number of nitrogens with zero attached hydrogens (tertiary/aromatic N) is 2. The molecule has 1 aromatic heterocycles. The van der Waals surface area contributed by atoms with Crippen LogP contribution in [0, 0.1) is 0 Å². The fraction of sp³-hybridized carbons (Fsp3) is 0.688. The van der Waals surface area contributed by atoms with Crippen LogP contribution >= 0.6 is 0 Å². The maximum atomic E-state index is 6.02. The predicted octanol–water partition coefficient (Wildman–Crippen LogP) is 3.65. The van der Waals surface area contributed by atoms with Crippen LogP contribution in [0.5, 0.6) is 0 Å². The largest absolute Gasteiger partial charge is 0.367 e. The Bertz CT molecular complexity index is 372. The van der Waals surface area contributed by atoms with Crippen molar-refractivity contribution in [1.29, 1.82) is 0 Å². The van der Waals surface area contributed by atoms with Gasteiger partial charge in [-0.25, -0.2) is 0 Å². The summed E-state index contributed by atoms with van der Waals surface area (Å²) in [7, 11) is 0. The molecule has 19 heavy (non-hydrogen) atoms. The lowest BCUT2D eigenvalue weighted by atomic mass is 9.97. The first-order valence-corrected chi connectivity index (χ1v) is 7.74. The first-order chi connectivity index (χ1) is 9.26. The molecule has 1 aliphatic rings. The van der Waals surface area contributed by atoms with Crippen molar-refractivity contribution in [3.05, 3.63) is 24.0 Å². The summed E-state index contributed by atoms with van der Waals surface area (Å²) in [4.78, 5) is 7.10. The molecule has 0 saturated carbocycles. The fourth-order valence-corrected chi connectivity index (χ4v) is 2.97. The molecule has 0 aromatic carbocycles. The van der Waals surface area contributed by atoms with Crippen LogP contribution in [-0.2, 0) is 0 Å². The average Bonchev–Trinajstić information content (AvgIpc) is 2.47. The van der Waals surface area contributed by atoms with Gasteiger partial charge in [-0.2, -0.15) is 0 Å². The monoisotopic (exact) mass is 261 g/mol. The van der Waals surface area contributed by atoms with Crippen molar-refractivity contribution in [2.75, 3.05) is 11.4 Å². The summed E-state index contributed by atoms with van der Waals surface area (Å²) in [5, 5.41) is 0. The van der Waals surface area contributed by atoms with Gasteiger partial charge in [0.25, 0.3) is 0 Å². The Hall–Kier alpha value is -1.09. The molecule has 0 spiro atoms. The van der Waals surface area contributed by atoms with Gasteiger partial charge < -0.3 is 10.6 Å². The van der Waals surface area contributed by atoms with E-state index in [4.69, 9.17) is 5.73 Å². The molecule has 0 aliphatic carbocycles. The van der Waals surface area contributed by atoms with E-state index in [2.05, 4.69) is 35.9 Å². The summed E-state index contributed by atoms with van der Waals surface area (Å²) in [5.41, 5.74) is 8.30. The second kappa shape index (κ2) is 6.90. The van der Waals surface area contributed by atoms with Gasteiger partial charge in [-0.05, 0) is 44.2 Å². The quantitative estimate of drug-likeness (QED) is 0.879. The topological polar surface area (TPSA) is 42.1 Å². The maximum Gasteiger partial charge on any atom is 0.0572 e. The number of hydrogen-bond acceptors (Lipinski definition) is 3. The van der Waals surface area contributed by atoms with Gasteiger partial charge in [0.05, 0.1) is 17.6 Å². The lowest BCUT2D eigenvalue weighted by molar-refractivity contribution is 0.434. The normalized spacial score (nSPS) is 21.4. The van der Waals surface area contributed by atoms with Crippen LogP contribution < -0.4 is 10.6 Å². The van der Waals surface area contributed by atoms with Gasteiger partial charge in [0.2, 0.25) is 0 Å². The summed E-state index contributed by atoms with van der Waals surface area (Å²) in [5.74, 6) is 0. The van der Waals surface area contributed by atoms with Crippen molar-refractivity contribution in [1.82, 2.24) is 4.98 Å². The molecule has 1 unspecified atom stereocenters. The van der Waals surface area contributed by atoms with E-state index in [1.165, 1.54) is 44.3 Å². The van der Waals surface area contributed by atoms with E-state index in [1.54, 1.807) is 0 Å². The van der Waals surface area contributed by atoms with Crippen molar-refractivity contribution in [2.45, 2.75) is 64.5 Å². The minimum absolute atomic E-state index is 0.0712. The lowest BCUT2D eigenvalue weighted by Crippen LogP contribution is -2.39. The van der Waals surface area contributed by atoms with E-state index < -0.39 is 0 Å². The third kappa shape index (κ3) is 3.47. The molecular weight excluding hydrogens is 234 g/mol. The highest BCUT2D eigenvalue weighted by Crippen LogP contribution is 2.27. The van der Waals surface area contributed by atoms with Crippen molar-refractivity contribution in [2.24, 2.45) is 5.73 Å². The highest BCUT2D eigenvalue weighted by atomic mass is 15.2. The van der Waals surface area contributed by atoms with Crippen LogP contribution in [-0.4, -0.2) is 17.6 Å². The molecule has 2 N–H and O–H groups in total. The molecule has 1 aromatic rings. The molecule has 1 aliphatic heterocycles. The van der Waals surface area contributed by atoms with Crippen LogP contribution in [0.15, 0.2) is 18.3 Å². The Labute approximate surface area is 117 Å². The van der Waals surface area contributed by atoms with E-state index >= 15 is 0 Å². The molecule has 3 nitrogen and oxygen atoms in total. The van der Waals surface area contributed by atoms with Gasteiger partial charge in [-0.3, -0.25) is 4.98 Å². The van der Waals surface area contributed by atoms with Crippen molar-refractivity contribution < 1.29 is 0 Å². The van der Waals surface area contributed by atoms with Crippen LogP contribution in [0.1, 0.15) is 64.1 Å². The van der Waals surface area contributed by atoms with Gasteiger partial charge in [0, 0.05) is 18.6 Å². The Kier molecular flexibility index (Phi) is 5.20. The van der Waals surface area contributed by atoms with E-state index in [0.29, 0.717) is 6.04 Å². The van der Waals surface area contributed by atoms with Gasteiger partial charge in [-0.1, -0.05) is 20.3 Å². The summed E-state index contributed by atoms with van der Waals surface area (Å²) in [6, 6.07) is 5.07. The highest BCUT2D eigenvalue weighted by molar-refractivity contribution is 5.46. The second-order valence-electron chi connectivity index (χ2n) is 5.59. The predicted molar refractivity (Wildman–Crippen MR) is 81.3 cm³/mol. The third-order valence-corrected chi connectivity index (χ3v) is 4.17. The summed E-state index contributed by atoms with van der Waals surface area (Å²) in [6.07, 6.45) is 9.49. The maximum absolute atomic E-state index is 6.02.